The number of nitrogens with zero attached hydrogens (tertiary/aromatic N) is 5. The van der Waals surface area contributed by atoms with Gasteiger partial charge in [0, 0.05) is 30.4 Å². The number of ether oxygens (including phenoxy) is 1. The summed E-state index contributed by atoms with van der Waals surface area (Å²) in [6, 6.07) is 11.4. The Balaban J connectivity index is 1.27. The molecule has 0 unspecified atom stereocenters. The van der Waals surface area contributed by atoms with Gasteiger partial charge in [-0.2, -0.15) is 16.9 Å². The van der Waals surface area contributed by atoms with Crippen molar-refractivity contribution in [2.24, 2.45) is 5.92 Å². The van der Waals surface area contributed by atoms with Crippen molar-refractivity contribution in [2.45, 2.75) is 26.3 Å². The van der Waals surface area contributed by atoms with Crippen LogP contribution in [0, 0.1) is 12.8 Å². The highest BCUT2D eigenvalue weighted by atomic mass is 35.5. The van der Waals surface area contributed by atoms with Gasteiger partial charge in [0.05, 0.1) is 28.3 Å². The lowest BCUT2D eigenvalue weighted by molar-refractivity contribution is 0.394. The van der Waals surface area contributed by atoms with Crippen LogP contribution in [-0.4, -0.2) is 41.2 Å². The van der Waals surface area contributed by atoms with Gasteiger partial charge in [-0.05, 0) is 61.5 Å². The van der Waals surface area contributed by atoms with Gasteiger partial charge in [-0.3, -0.25) is 4.68 Å². The van der Waals surface area contributed by atoms with Crippen molar-refractivity contribution in [2.75, 3.05) is 11.5 Å². The molecule has 0 spiro atoms. The van der Waals surface area contributed by atoms with Crippen molar-refractivity contribution in [3.8, 4) is 22.8 Å². The normalized spacial score (nSPS) is 14.8. The van der Waals surface area contributed by atoms with Crippen molar-refractivity contribution in [3.63, 3.8) is 0 Å². The fourth-order valence-electron chi connectivity index (χ4n) is 4.35. The number of aryl methyl sites for hydroxylation is 1. The molecule has 0 saturated carbocycles. The molecule has 0 radical (unpaired) electrons. The smallest absolute Gasteiger partial charge is 0.156 e. The van der Waals surface area contributed by atoms with E-state index in [2.05, 4.69) is 20.1 Å². The Morgan fingerprint density at radius 2 is 1.82 bits per heavy atom. The molecule has 1 N–H and O–H groups in total. The number of hydrogen-bond donors (Lipinski definition) is 1. The summed E-state index contributed by atoms with van der Waals surface area (Å²) in [5, 5.41) is 4.93. The number of nitrogens with one attached hydrogen (secondary N) is 1. The molecule has 1 fully saturated rings. The summed E-state index contributed by atoms with van der Waals surface area (Å²) >= 11 is 8.55. The van der Waals surface area contributed by atoms with Gasteiger partial charge in [-0.25, -0.2) is 15.0 Å². The number of halogens is 1. The lowest BCUT2D eigenvalue weighted by Gasteiger charge is -2.20. The SMILES string of the molecule is Cc1nc2ccc(Oc3ccc4nc(Cl)c(-c5cnn(CC6CCSCC6)c5)nc4c3)cc2[nH]1. The van der Waals surface area contributed by atoms with Gasteiger partial charge >= 0.3 is 0 Å². The molecule has 172 valence electrons. The van der Waals surface area contributed by atoms with Gasteiger partial charge in [0.15, 0.2) is 5.15 Å². The Bertz CT molecular complexity index is 1490. The van der Waals surface area contributed by atoms with Crippen LogP contribution in [0.1, 0.15) is 18.7 Å². The molecule has 0 aliphatic carbocycles. The maximum Gasteiger partial charge on any atom is 0.156 e. The van der Waals surface area contributed by atoms with E-state index in [0.717, 1.165) is 34.7 Å². The van der Waals surface area contributed by atoms with Crippen LogP contribution >= 0.6 is 23.4 Å². The molecule has 0 bridgehead atoms. The highest BCUT2D eigenvalue weighted by Gasteiger charge is 2.17. The monoisotopic (exact) mass is 490 g/mol. The van der Waals surface area contributed by atoms with Gasteiger partial charge < -0.3 is 9.72 Å². The maximum atomic E-state index is 6.51. The standard InChI is InChI=1S/C25H23ClN6OS/c1-15-28-20-4-2-18(10-22(20)29-15)33-19-3-5-21-23(11-19)30-24(25(26)31-21)17-12-27-32(14-17)13-16-6-8-34-9-7-16/h2-5,10-12,14,16H,6-9,13H2,1H3,(H,28,29). The zero-order valence-corrected chi connectivity index (χ0v) is 20.2. The van der Waals surface area contributed by atoms with Crippen molar-refractivity contribution in [3.05, 3.63) is 59.8 Å². The highest BCUT2D eigenvalue weighted by Crippen LogP contribution is 2.31. The first-order valence-electron chi connectivity index (χ1n) is 11.3. The molecular weight excluding hydrogens is 468 g/mol. The van der Waals surface area contributed by atoms with Crippen LogP contribution < -0.4 is 4.74 Å². The minimum atomic E-state index is 0.370. The molecule has 7 nitrogen and oxygen atoms in total. The van der Waals surface area contributed by atoms with E-state index in [-0.39, 0.29) is 0 Å². The zero-order valence-electron chi connectivity index (χ0n) is 18.7. The van der Waals surface area contributed by atoms with Crippen molar-refractivity contribution in [1.29, 1.82) is 0 Å². The Morgan fingerprint density at radius 3 is 2.68 bits per heavy atom. The maximum absolute atomic E-state index is 6.51. The quantitative estimate of drug-likeness (QED) is 0.313. The summed E-state index contributed by atoms with van der Waals surface area (Å²) in [5.41, 5.74) is 4.78. The number of H-pyrrole nitrogens is 1. The van der Waals surface area contributed by atoms with Gasteiger partial charge in [0.1, 0.15) is 23.0 Å². The lowest BCUT2D eigenvalue weighted by Crippen LogP contribution is -2.16. The fraction of sp³-hybridized carbons (Fsp3) is 0.280. The highest BCUT2D eigenvalue weighted by molar-refractivity contribution is 7.99. The average Bonchev–Trinajstić information content (AvgIpc) is 3.44. The van der Waals surface area contributed by atoms with Crippen LogP contribution in [0.15, 0.2) is 48.8 Å². The summed E-state index contributed by atoms with van der Waals surface area (Å²) < 4.78 is 8.11. The third-order valence-corrected chi connectivity index (χ3v) is 7.41. The third-order valence-electron chi connectivity index (χ3n) is 6.09. The van der Waals surface area contributed by atoms with Gasteiger partial charge in [-0.1, -0.05) is 11.6 Å². The van der Waals surface area contributed by atoms with E-state index in [1.807, 2.05) is 72.2 Å². The average molecular weight is 491 g/mol. The number of aromatic nitrogens is 6. The fourth-order valence-corrected chi connectivity index (χ4v) is 5.80. The number of imidazole rings is 1. The second-order valence-corrected chi connectivity index (χ2v) is 10.2. The number of aromatic amines is 1. The Morgan fingerprint density at radius 1 is 1.03 bits per heavy atom. The molecule has 0 amide bonds. The summed E-state index contributed by atoms with van der Waals surface area (Å²) in [4.78, 5) is 17.0. The van der Waals surface area contributed by atoms with Gasteiger partial charge in [0.2, 0.25) is 0 Å². The lowest BCUT2D eigenvalue weighted by atomic mass is 10.0. The molecule has 4 heterocycles. The number of rotatable bonds is 5. The van der Waals surface area contributed by atoms with Crippen LogP contribution in [-0.2, 0) is 6.54 Å². The first kappa shape index (κ1) is 21.4. The first-order valence-corrected chi connectivity index (χ1v) is 12.9. The Hall–Kier alpha value is -3.10. The van der Waals surface area contributed by atoms with Crippen LogP contribution in [0.3, 0.4) is 0 Å². The summed E-state index contributed by atoms with van der Waals surface area (Å²) in [6.45, 7) is 2.86. The van der Waals surface area contributed by atoms with Crippen LogP contribution in [0.2, 0.25) is 5.15 Å². The second-order valence-electron chi connectivity index (χ2n) is 8.62. The first-order chi connectivity index (χ1) is 16.6. The van der Waals surface area contributed by atoms with Gasteiger partial charge in [-0.15, -0.1) is 0 Å². The molecule has 1 saturated heterocycles. The van der Waals surface area contributed by atoms with Crippen molar-refractivity contribution in [1.82, 2.24) is 29.7 Å². The van der Waals surface area contributed by atoms with Crippen molar-refractivity contribution < 1.29 is 4.74 Å². The minimum Gasteiger partial charge on any atom is -0.457 e. The Kier molecular flexibility index (Phi) is 5.63. The molecule has 9 heteroatoms. The number of fused-ring (bicyclic) bond motifs is 2. The number of hydrogen-bond acceptors (Lipinski definition) is 6. The van der Waals surface area contributed by atoms with Gasteiger partial charge in [0.25, 0.3) is 0 Å². The van der Waals surface area contributed by atoms with E-state index in [0.29, 0.717) is 33.5 Å². The van der Waals surface area contributed by atoms with E-state index in [4.69, 9.17) is 21.3 Å². The predicted octanol–water partition coefficient (Wildman–Crippen LogP) is 6.27. The molecule has 34 heavy (non-hydrogen) atoms. The second kappa shape index (κ2) is 8.92. The third kappa shape index (κ3) is 4.35. The molecule has 6 rings (SSSR count). The van der Waals surface area contributed by atoms with E-state index in [9.17, 15) is 0 Å². The van der Waals surface area contributed by atoms with E-state index >= 15 is 0 Å². The van der Waals surface area contributed by atoms with Crippen molar-refractivity contribution >= 4 is 45.4 Å². The molecule has 5 aromatic rings. The van der Waals surface area contributed by atoms with E-state index in [1.54, 1.807) is 0 Å². The number of thioether (sulfide) groups is 1. The van der Waals surface area contributed by atoms with Crippen LogP contribution in [0.25, 0.3) is 33.3 Å². The molecule has 3 aromatic heterocycles. The predicted molar refractivity (Wildman–Crippen MR) is 137 cm³/mol. The van der Waals surface area contributed by atoms with Crippen LogP contribution in [0.5, 0.6) is 11.5 Å². The van der Waals surface area contributed by atoms with Crippen LogP contribution in [0.4, 0.5) is 0 Å². The minimum absolute atomic E-state index is 0.370. The van der Waals surface area contributed by atoms with E-state index < -0.39 is 0 Å². The zero-order chi connectivity index (χ0) is 23.1. The number of benzene rings is 2. The van der Waals surface area contributed by atoms with E-state index in [1.165, 1.54) is 24.3 Å². The summed E-state index contributed by atoms with van der Waals surface area (Å²) in [5.74, 6) is 5.42. The molecule has 2 aromatic carbocycles. The molecule has 0 atom stereocenters. The summed E-state index contributed by atoms with van der Waals surface area (Å²) in [7, 11) is 0. The topological polar surface area (TPSA) is 81.5 Å². The Labute approximate surface area is 205 Å². The summed E-state index contributed by atoms with van der Waals surface area (Å²) in [6.07, 6.45) is 6.32. The largest absolute Gasteiger partial charge is 0.457 e. The molecule has 1 aliphatic rings. The molecular formula is C25H23ClN6OS. The molecule has 1 aliphatic heterocycles.